The van der Waals surface area contributed by atoms with Crippen LogP contribution in [0.3, 0.4) is 0 Å². The van der Waals surface area contributed by atoms with E-state index >= 15 is 0 Å². The number of piperidine rings is 1. The molecule has 1 amide bonds. The lowest BCUT2D eigenvalue weighted by atomic mass is 9.92. The van der Waals surface area contributed by atoms with E-state index in [-0.39, 0.29) is 31.5 Å². The first kappa shape index (κ1) is 20.4. The number of anilines is 1. The average Bonchev–Trinajstić information content (AvgIpc) is 3.00. The van der Waals surface area contributed by atoms with Gasteiger partial charge in [0.15, 0.2) is 0 Å². The number of aromatic nitrogens is 1. The molecule has 154 valence electrons. The second-order valence-electron chi connectivity index (χ2n) is 7.15. The van der Waals surface area contributed by atoms with E-state index in [2.05, 4.69) is 10.3 Å². The van der Waals surface area contributed by atoms with Crippen LogP contribution in [0, 0.1) is 5.92 Å². The summed E-state index contributed by atoms with van der Waals surface area (Å²) in [7, 11) is 0. The zero-order valence-electron chi connectivity index (χ0n) is 15.5. The Morgan fingerprint density at radius 2 is 2.07 bits per heavy atom. The molecule has 5 nitrogen and oxygen atoms in total. The highest BCUT2D eigenvalue weighted by Gasteiger charge is 2.34. The van der Waals surface area contributed by atoms with Gasteiger partial charge in [-0.2, -0.15) is 13.2 Å². The van der Waals surface area contributed by atoms with Crippen LogP contribution in [0.15, 0.2) is 24.4 Å². The SMILES string of the molecule is CC(=O)Nc1c[nH]c2ccc(OCC(F)C3CCN(CC(F)(F)F)CC3)cc12. The third-order valence-electron chi connectivity index (χ3n) is 4.92. The van der Waals surface area contributed by atoms with Crippen LogP contribution in [0.5, 0.6) is 5.75 Å². The Labute approximate surface area is 160 Å². The molecule has 2 heterocycles. The first-order valence-electron chi connectivity index (χ1n) is 9.16. The quantitative estimate of drug-likeness (QED) is 0.716. The van der Waals surface area contributed by atoms with Crippen molar-refractivity contribution < 1.29 is 27.1 Å². The lowest BCUT2D eigenvalue weighted by Gasteiger charge is -2.33. The van der Waals surface area contributed by atoms with Crippen molar-refractivity contribution in [3.8, 4) is 5.75 Å². The van der Waals surface area contributed by atoms with E-state index in [1.807, 2.05) is 0 Å². The third kappa shape index (κ3) is 5.37. The van der Waals surface area contributed by atoms with Crippen LogP contribution in [-0.2, 0) is 4.79 Å². The van der Waals surface area contributed by atoms with E-state index in [1.165, 1.54) is 11.8 Å². The number of nitrogens with zero attached hydrogens (tertiary/aromatic N) is 1. The lowest BCUT2D eigenvalue weighted by molar-refractivity contribution is -0.149. The Balaban J connectivity index is 1.53. The van der Waals surface area contributed by atoms with Gasteiger partial charge in [0.2, 0.25) is 5.91 Å². The van der Waals surface area contributed by atoms with E-state index in [0.717, 1.165) is 10.9 Å². The van der Waals surface area contributed by atoms with Gasteiger partial charge in [-0.25, -0.2) is 4.39 Å². The molecule has 1 atom stereocenters. The van der Waals surface area contributed by atoms with Crippen molar-refractivity contribution in [3.05, 3.63) is 24.4 Å². The zero-order valence-corrected chi connectivity index (χ0v) is 15.5. The van der Waals surface area contributed by atoms with Gasteiger partial charge in [0, 0.05) is 24.0 Å². The normalized spacial score (nSPS) is 17.6. The van der Waals surface area contributed by atoms with Crippen LogP contribution < -0.4 is 10.1 Å². The van der Waals surface area contributed by atoms with E-state index in [0.29, 0.717) is 24.3 Å². The maximum Gasteiger partial charge on any atom is 0.401 e. The molecule has 0 saturated carbocycles. The molecular weight excluding hydrogens is 378 g/mol. The number of hydrogen-bond acceptors (Lipinski definition) is 3. The first-order valence-corrected chi connectivity index (χ1v) is 9.16. The summed E-state index contributed by atoms with van der Waals surface area (Å²) in [4.78, 5) is 15.6. The fourth-order valence-corrected chi connectivity index (χ4v) is 3.52. The number of fused-ring (bicyclic) bond motifs is 1. The molecule has 1 saturated heterocycles. The van der Waals surface area contributed by atoms with Crippen LogP contribution in [0.4, 0.5) is 23.2 Å². The molecule has 0 aliphatic carbocycles. The molecule has 1 unspecified atom stereocenters. The maximum absolute atomic E-state index is 14.5. The summed E-state index contributed by atoms with van der Waals surface area (Å²) in [6.45, 7) is 0.780. The van der Waals surface area contributed by atoms with Crippen molar-refractivity contribution in [3.63, 3.8) is 0 Å². The first-order chi connectivity index (χ1) is 13.2. The number of carbonyl (C=O) groups is 1. The predicted molar refractivity (Wildman–Crippen MR) is 98.2 cm³/mol. The zero-order chi connectivity index (χ0) is 20.3. The Kier molecular flexibility index (Phi) is 6.12. The van der Waals surface area contributed by atoms with Crippen molar-refractivity contribution in [2.75, 3.05) is 31.6 Å². The highest BCUT2D eigenvalue weighted by Crippen LogP contribution is 2.29. The molecule has 2 aromatic rings. The smallest absolute Gasteiger partial charge is 0.401 e. The van der Waals surface area contributed by atoms with Crippen molar-refractivity contribution in [2.24, 2.45) is 5.92 Å². The summed E-state index contributed by atoms with van der Waals surface area (Å²) in [5.74, 6) is -0.0424. The van der Waals surface area contributed by atoms with Gasteiger partial charge in [0.25, 0.3) is 0 Å². The number of amides is 1. The number of rotatable bonds is 6. The number of benzene rings is 1. The topological polar surface area (TPSA) is 57.4 Å². The molecule has 1 aliphatic heterocycles. The molecule has 1 aromatic heterocycles. The molecule has 0 spiro atoms. The Hall–Kier alpha value is -2.29. The summed E-state index contributed by atoms with van der Waals surface area (Å²) in [5.41, 5.74) is 1.42. The van der Waals surface area contributed by atoms with Gasteiger partial charge in [0.05, 0.1) is 12.2 Å². The number of hydrogen-bond donors (Lipinski definition) is 2. The summed E-state index contributed by atoms with van der Waals surface area (Å²) in [6, 6.07) is 5.20. The summed E-state index contributed by atoms with van der Waals surface area (Å²) < 4.78 is 57.4. The molecule has 1 aliphatic rings. The number of halogens is 4. The Morgan fingerprint density at radius 1 is 1.36 bits per heavy atom. The number of H-pyrrole nitrogens is 1. The van der Waals surface area contributed by atoms with Gasteiger partial charge in [-0.15, -0.1) is 0 Å². The van der Waals surface area contributed by atoms with Crippen molar-refractivity contribution in [1.29, 1.82) is 0 Å². The summed E-state index contributed by atoms with van der Waals surface area (Å²) >= 11 is 0. The van der Waals surface area contributed by atoms with E-state index in [1.54, 1.807) is 24.4 Å². The van der Waals surface area contributed by atoms with E-state index in [4.69, 9.17) is 4.74 Å². The van der Waals surface area contributed by atoms with Gasteiger partial charge in [-0.3, -0.25) is 9.69 Å². The second kappa shape index (κ2) is 8.38. The Morgan fingerprint density at radius 3 is 2.71 bits per heavy atom. The third-order valence-corrected chi connectivity index (χ3v) is 4.92. The minimum absolute atomic E-state index is 0.157. The minimum atomic E-state index is -4.22. The number of nitrogens with one attached hydrogen (secondary N) is 2. The van der Waals surface area contributed by atoms with Crippen molar-refractivity contribution in [2.45, 2.75) is 32.1 Å². The predicted octanol–water partition coefficient (Wildman–Crippen LogP) is 4.12. The number of alkyl halides is 4. The fourth-order valence-electron chi connectivity index (χ4n) is 3.52. The van der Waals surface area contributed by atoms with E-state index in [9.17, 15) is 22.4 Å². The average molecular weight is 401 g/mol. The maximum atomic E-state index is 14.5. The molecule has 1 fully saturated rings. The van der Waals surface area contributed by atoms with Crippen molar-refractivity contribution >= 4 is 22.5 Å². The molecule has 1 aromatic carbocycles. The van der Waals surface area contributed by atoms with E-state index < -0.39 is 18.9 Å². The second-order valence-corrected chi connectivity index (χ2v) is 7.15. The van der Waals surface area contributed by atoms with Gasteiger partial charge in [-0.05, 0) is 50.0 Å². The molecule has 28 heavy (non-hydrogen) atoms. The molecule has 0 radical (unpaired) electrons. The molecular formula is C19H23F4N3O2. The highest BCUT2D eigenvalue weighted by molar-refractivity contribution is 6.01. The molecule has 0 bridgehead atoms. The number of ether oxygens (including phenoxy) is 1. The highest BCUT2D eigenvalue weighted by atomic mass is 19.4. The summed E-state index contributed by atoms with van der Waals surface area (Å²) in [5, 5.41) is 3.46. The Bertz CT molecular complexity index is 813. The van der Waals surface area contributed by atoms with Crippen LogP contribution in [0.2, 0.25) is 0 Å². The van der Waals surface area contributed by atoms with Crippen LogP contribution in [-0.4, -0.2) is 54.4 Å². The van der Waals surface area contributed by atoms with Crippen molar-refractivity contribution in [1.82, 2.24) is 9.88 Å². The van der Waals surface area contributed by atoms with Crippen LogP contribution in [0.25, 0.3) is 10.9 Å². The standard InChI is InChI=1S/C19H23F4N3O2/c1-12(27)25-18-9-24-17-3-2-14(8-15(17)18)28-10-16(20)13-4-6-26(7-5-13)11-19(21,22)23/h2-3,8-9,13,16,24H,4-7,10-11H2,1H3,(H,25,27). The monoisotopic (exact) mass is 401 g/mol. The van der Waals surface area contributed by atoms with Gasteiger partial charge >= 0.3 is 6.18 Å². The minimum Gasteiger partial charge on any atom is -0.491 e. The van der Waals surface area contributed by atoms with Gasteiger partial charge in [-0.1, -0.05) is 0 Å². The molecule has 2 N–H and O–H groups in total. The summed E-state index contributed by atoms with van der Waals surface area (Å²) in [6.07, 6.45) is -3.04. The number of carbonyl (C=O) groups excluding carboxylic acids is 1. The van der Waals surface area contributed by atoms with Crippen LogP contribution in [0.1, 0.15) is 19.8 Å². The largest absolute Gasteiger partial charge is 0.491 e. The molecule has 9 heteroatoms. The van der Waals surface area contributed by atoms with Gasteiger partial charge < -0.3 is 15.0 Å². The van der Waals surface area contributed by atoms with Crippen LogP contribution >= 0.6 is 0 Å². The number of aromatic amines is 1. The molecule has 3 rings (SSSR count). The number of likely N-dealkylation sites (tertiary alicyclic amines) is 1. The van der Waals surface area contributed by atoms with Gasteiger partial charge in [0.1, 0.15) is 18.5 Å². The lowest BCUT2D eigenvalue weighted by Crippen LogP contribution is -2.42. The fraction of sp³-hybridized carbons (Fsp3) is 0.526.